The molecule has 0 aromatic heterocycles. The number of benzene rings is 1. The Hall–Kier alpha value is 0.0400. The number of hydrogen-bond acceptors (Lipinski definition) is 2. The number of hydrogen-bond donors (Lipinski definition) is 0. The van der Waals surface area contributed by atoms with Crippen LogP contribution in [0.1, 0.15) is 15.9 Å². The van der Waals surface area contributed by atoms with Gasteiger partial charge in [0.1, 0.15) is 6.61 Å². The second-order valence-corrected chi connectivity index (χ2v) is 6.06. The monoisotopic (exact) mass is 344 g/mol. The predicted octanol–water partition coefficient (Wildman–Crippen LogP) is 4.11. The van der Waals surface area contributed by atoms with Gasteiger partial charge in [-0.15, -0.1) is 0 Å². The van der Waals surface area contributed by atoms with Crippen LogP contribution in [0.2, 0.25) is 0 Å². The van der Waals surface area contributed by atoms with Gasteiger partial charge < -0.3 is 4.74 Å². The number of ether oxygens (including phenoxy) is 1. The van der Waals surface area contributed by atoms with Gasteiger partial charge in [-0.3, -0.25) is 0 Å². The summed E-state index contributed by atoms with van der Waals surface area (Å²) in [4.78, 5) is 11.7. The van der Waals surface area contributed by atoms with Crippen molar-refractivity contribution in [2.45, 2.75) is 9.12 Å². The molecule has 0 aliphatic carbocycles. The Morgan fingerprint density at radius 1 is 1.31 bits per heavy atom. The number of alkyl halides is 4. The number of esters is 1. The van der Waals surface area contributed by atoms with Crippen LogP contribution in [0.3, 0.4) is 0 Å². The Labute approximate surface area is 117 Å². The van der Waals surface area contributed by atoms with Gasteiger partial charge >= 0.3 is 5.97 Å². The number of carbonyl (C=O) groups excluding carboxylic acids is 1. The molecular formula is C10H8BrCl3O2. The van der Waals surface area contributed by atoms with Crippen LogP contribution < -0.4 is 0 Å². The summed E-state index contributed by atoms with van der Waals surface area (Å²) < 4.78 is 3.30. The van der Waals surface area contributed by atoms with E-state index >= 15 is 0 Å². The zero-order valence-electron chi connectivity index (χ0n) is 8.05. The Kier molecular flexibility index (Phi) is 5.38. The Bertz CT molecular complexity index is 377. The maximum Gasteiger partial charge on any atom is 0.338 e. The Morgan fingerprint density at radius 3 is 2.50 bits per heavy atom. The van der Waals surface area contributed by atoms with E-state index in [0.29, 0.717) is 10.9 Å². The zero-order valence-corrected chi connectivity index (χ0v) is 11.9. The molecule has 2 nitrogen and oxygen atoms in total. The summed E-state index contributed by atoms with van der Waals surface area (Å²) in [6, 6.07) is 7.07. The fourth-order valence-electron chi connectivity index (χ4n) is 1.06. The van der Waals surface area contributed by atoms with E-state index < -0.39 is 9.76 Å². The van der Waals surface area contributed by atoms with Crippen LogP contribution in [-0.4, -0.2) is 16.4 Å². The lowest BCUT2D eigenvalue weighted by Crippen LogP contribution is -2.18. The highest BCUT2D eigenvalue weighted by molar-refractivity contribution is 9.08. The highest BCUT2D eigenvalue weighted by Gasteiger charge is 2.23. The number of halogens is 4. The first-order valence-electron chi connectivity index (χ1n) is 4.32. The van der Waals surface area contributed by atoms with Crippen molar-refractivity contribution in [3.8, 4) is 0 Å². The number of carbonyl (C=O) groups is 1. The van der Waals surface area contributed by atoms with Crippen molar-refractivity contribution in [3.63, 3.8) is 0 Å². The molecule has 0 spiro atoms. The molecule has 6 heteroatoms. The molecule has 1 aromatic rings. The lowest BCUT2D eigenvalue weighted by Gasteiger charge is -2.12. The van der Waals surface area contributed by atoms with Crippen molar-refractivity contribution in [1.29, 1.82) is 0 Å². The summed E-state index contributed by atoms with van der Waals surface area (Å²) in [7, 11) is 0. The van der Waals surface area contributed by atoms with Crippen molar-refractivity contribution < 1.29 is 9.53 Å². The van der Waals surface area contributed by atoms with Gasteiger partial charge in [0.25, 0.3) is 0 Å². The van der Waals surface area contributed by atoms with E-state index in [-0.39, 0.29) is 6.61 Å². The van der Waals surface area contributed by atoms with Gasteiger partial charge in [-0.1, -0.05) is 68.9 Å². The predicted molar refractivity (Wildman–Crippen MR) is 69.6 cm³/mol. The lowest BCUT2D eigenvalue weighted by atomic mass is 10.1. The van der Waals surface area contributed by atoms with Gasteiger partial charge in [-0.25, -0.2) is 4.79 Å². The molecule has 16 heavy (non-hydrogen) atoms. The molecular weight excluding hydrogens is 338 g/mol. The van der Waals surface area contributed by atoms with Crippen LogP contribution in [0.15, 0.2) is 24.3 Å². The third-order valence-electron chi connectivity index (χ3n) is 1.75. The summed E-state index contributed by atoms with van der Waals surface area (Å²) in [5, 5.41) is 0.562. The zero-order chi connectivity index (χ0) is 12.2. The quantitative estimate of drug-likeness (QED) is 0.608. The van der Waals surface area contributed by atoms with Crippen LogP contribution in [0.5, 0.6) is 0 Å². The summed E-state index contributed by atoms with van der Waals surface area (Å²) in [5.74, 6) is -0.499. The van der Waals surface area contributed by atoms with Crippen molar-refractivity contribution >= 4 is 56.7 Å². The molecule has 0 aliphatic rings. The molecule has 1 aromatic carbocycles. The largest absolute Gasteiger partial charge is 0.458 e. The van der Waals surface area contributed by atoms with Gasteiger partial charge in [0.15, 0.2) is 0 Å². The van der Waals surface area contributed by atoms with Crippen molar-refractivity contribution in [3.05, 3.63) is 35.4 Å². The minimum absolute atomic E-state index is 0.271. The summed E-state index contributed by atoms with van der Waals surface area (Å²) in [6.45, 7) is -0.271. The molecule has 0 bridgehead atoms. The summed E-state index contributed by atoms with van der Waals surface area (Å²) >= 11 is 19.7. The third-order valence-corrected chi connectivity index (χ3v) is 2.68. The van der Waals surface area contributed by atoms with Gasteiger partial charge in [0.05, 0.1) is 5.56 Å². The lowest BCUT2D eigenvalue weighted by molar-refractivity contribution is 0.0511. The van der Waals surface area contributed by atoms with Crippen LogP contribution in [-0.2, 0) is 10.1 Å². The molecule has 0 atom stereocenters. The molecule has 0 unspecified atom stereocenters. The fourth-order valence-corrected chi connectivity index (χ4v) is 1.71. The van der Waals surface area contributed by atoms with Crippen molar-refractivity contribution in [2.24, 2.45) is 0 Å². The van der Waals surface area contributed by atoms with Gasteiger partial charge in [0, 0.05) is 5.33 Å². The van der Waals surface area contributed by atoms with Crippen molar-refractivity contribution in [1.82, 2.24) is 0 Å². The van der Waals surface area contributed by atoms with Gasteiger partial charge in [-0.2, -0.15) is 0 Å². The van der Waals surface area contributed by atoms with E-state index in [1.165, 1.54) is 0 Å². The van der Waals surface area contributed by atoms with Crippen LogP contribution in [0.25, 0.3) is 0 Å². The maximum absolute atomic E-state index is 11.7. The van der Waals surface area contributed by atoms with Crippen LogP contribution >= 0.6 is 50.7 Å². The Morgan fingerprint density at radius 2 is 1.94 bits per heavy atom. The average Bonchev–Trinajstić information content (AvgIpc) is 2.25. The number of rotatable bonds is 3. The van der Waals surface area contributed by atoms with E-state index in [4.69, 9.17) is 39.5 Å². The van der Waals surface area contributed by atoms with E-state index in [1.54, 1.807) is 12.1 Å². The highest BCUT2D eigenvalue weighted by Crippen LogP contribution is 2.26. The molecule has 0 aliphatic heterocycles. The van der Waals surface area contributed by atoms with E-state index in [9.17, 15) is 4.79 Å². The molecule has 0 heterocycles. The summed E-state index contributed by atoms with van der Waals surface area (Å²) in [5.41, 5.74) is 1.30. The van der Waals surface area contributed by atoms with Crippen LogP contribution in [0, 0.1) is 0 Å². The van der Waals surface area contributed by atoms with E-state index in [1.807, 2.05) is 12.1 Å². The average molecular weight is 346 g/mol. The topological polar surface area (TPSA) is 26.3 Å². The SMILES string of the molecule is O=C(OCC(Cl)(Cl)Cl)c1ccccc1CBr. The van der Waals surface area contributed by atoms with Crippen LogP contribution in [0.4, 0.5) is 0 Å². The molecule has 1 rings (SSSR count). The molecule has 0 N–H and O–H groups in total. The first-order chi connectivity index (χ1) is 7.44. The van der Waals surface area contributed by atoms with Gasteiger partial charge in [-0.05, 0) is 11.6 Å². The van der Waals surface area contributed by atoms with E-state index in [0.717, 1.165) is 5.56 Å². The standard InChI is InChI=1S/C10H8BrCl3O2/c11-5-7-3-1-2-4-8(7)9(15)16-6-10(12,13)14/h1-4H,5-6H2. The molecule has 0 saturated heterocycles. The normalized spacial score (nSPS) is 11.2. The minimum Gasteiger partial charge on any atom is -0.458 e. The summed E-state index contributed by atoms with van der Waals surface area (Å²) in [6.07, 6.45) is 0. The Balaban J connectivity index is 2.73. The smallest absolute Gasteiger partial charge is 0.338 e. The fraction of sp³-hybridized carbons (Fsp3) is 0.300. The second-order valence-electron chi connectivity index (χ2n) is 2.98. The molecule has 0 radical (unpaired) electrons. The van der Waals surface area contributed by atoms with Gasteiger partial charge in [0.2, 0.25) is 3.79 Å². The first-order valence-corrected chi connectivity index (χ1v) is 6.57. The molecule has 88 valence electrons. The maximum atomic E-state index is 11.7. The minimum atomic E-state index is -1.58. The van der Waals surface area contributed by atoms with E-state index in [2.05, 4.69) is 15.9 Å². The molecule has 0 saturated carbocycles. The third kappa shape index (κ3) is 4.50. The first kappa shape index (κ1) is 14.1. The molecule has 0 fully saturated rings. The highest BCUT2D eigenvalue weighted by atomic mass is 79.9. The second kappa shape index (κ2) is 6.10. The molecule has 0 amide bonds. The van der Waals surface area contributed by atoms with Crippen molar-refractivity contribution in [2.75, 3.05) is 6.61 Å².